The summed E-state index contributed by atoms with van der Waals surface area (Å²) < 4.78 is 10.4. The highest BCUT2D eigenvalue weighted by atomic mass is 16.6. The van der Waals surface area contributed by atoms with E-state index in [0.29, 0.717) is 30.3 Å². The van der Waals surface area contributed by atoms with Gasteiger partial charge in [0.25, 0.3) is 5.88 Å². The zero-order chi connectivity index (χ0) is 9.26. The van der Waals surface area contributed by atoms with Crippen molar-refractivity contribution in [1.82, 2.24) is 4.98 Å². The molecule has 0 aromatic carbocycles. The van der Waals surface area contributed by atoms with Crippen molar-refractivity contribution in [3.8, 4) is 11.6 Å². The molecule has 0 fully saturated rings. The van der Waals surface area contributed by atoms with Crippen LogP contribution in [-0.2, 0) is 0 Å². The van der Waals surface area contributed by atoms with Crippen molar-refractivity contribution in [1.29, 1.82) is 0 Å². The molecule has 5 nitrogen and oxygen atoms in total. The van der Waals surface area contributed by atoms with Crippen molar-refractivity contribution in [3.63, 3.8) is 0 Å². The number of ether oxygens (including phenoxy) is 2. The minimum absolute atomic E-state index is 0.296. The van der Waals surface area contributed by atoms with Crippen LogP contribution in [-0.4, -0.2) is 35.4 Å². The van der Waals surface area contributed by atoms with Crippen molar-refractivity contribution >= 4 is 12.6 Å². The molecule has 13 heavy (non-hydrogen) atoms. The third kappa shape index (κ3) is 1.58. The number of aromatic nitrogens is 1. The van der Waals surface area contributed by atoms with Gasteiger partial charge in [-0.1, -0.05) is 0 Å². The summed E-state index contributed by atoms with van der Waals surface area (Å²) in [5.74, 6) is 0.854. The Kier molecular flexibility index (Phi) is 2.07. The molecule has 0 spiro atoms. The Hall–Kier alpha value is -1.27. The van der Waals surface area contributed by atoms with Crippen LogP contribution in [0.2, 0.25) is 0 Å². The predicted octanol–water partition coefficient (Wildman–Crippen LogP) is -1.47. The molecular formula is C7H8BNO4. The van der Waals surface area contributed by atoms with Gasteiger partial charge in [-0.05, 0) is 6.07 Å². The van der Waals surface area contributed by atoms with Gasteiger partial charge in [0.15, 0.2) is 5.75 Å². The predicted molar refractivity (Wildman–Crippen MR) is 45.1 cm³/mol. The molecule has 0 aliphatic carbocycles. The normalized spacial score (nSPS) is 14.0. The van der Waals surface area contributed by atoms with E-state index >= 15 is 0 Å². The van der Waals surface area contributed by atoms with Crippen LogP contribution in [0, 0.1) is 0 Å². The van der Waals surface area contributed by atoms with E-state index in [1.807, 2.05) is 0 Å². The summed E-state index contributed by atoms with van der Waals surface area (Å²) in [4.78, 5) is 3.87. The standard InChI is InChI=1S/C7H8BNO4/c10-8(11)5-3-6-7(9-4-5)13-2-1-12-6/h3-4,10-11H,1-2H2. The number of rotatable bonds is 1. The Balaban J connectivity index is 2.35. The summed E-state index contributed by atoms with van der Waals surface area (Å²) in [5, 5.41) is 17.7. The van der Waals surface area contributed by atoms with Crippen molar-refractivity contribution in [2.75, 3.05) is 13.2 Å². The van der Waals surface area contributed by atoms with Gasteiger partial charge in [-0.2, -0.15) is 0 Å². The van der Waals surface area contributed by atoms with Crippen LogP contribution in [0.25, 0.3) is 0 Å². The van der Waals surface area contributed by atoms with Gasteiger partial charge in [0, 0.05) is 11.7 Å². The average Bonchev–Trinajstić information content (AvgIpc) is 2.17. The van der Waals surface area contributed by atoms with E-state index in [0.717, 1.165) is 0 Å². The summed E-state index contributed by atoms with van der Waals surface area (Å²) in [6.07, 6.45) is 1.35. The van der Waals surface area contributed by atoms with Crippen molar-refractivity contribution in [2.45, 2.75) is 0 Å². The fourth-order valence-corrected chi connectivity index (χ4v) is 1.09. The Bertz CT molecular complexity index is 317. The minimum Gasteiger partial charge on any atom is -0.484 e. The smallest absolute Gasteiger partial charge is 0.484 e. The molecule has 1 aliphatic rings. The topological polar surface area (TPSA) is 71.8 Å². The van der Waals surface area contributed by atoms with Gasteiger partial charge in [-0.15, -0.1) is 0 Å². The van der Waals surface area contributed by atoms with Crippen molar-refractivity contribution < 1.29 is 19.5 Å². The second kappa shape index (κ2) is 3.23. The number of nitrogens with zero attached hydrogens (tertiary/aromatic N) is 1. The quantitative estimate of drug-likeness (QED) is 0.517. The molecule has 1 aromatic heterocycles. The molecule has 1 aliphatic heterocycles. The molecule has 6 heteroatoms. The van der Waals surface area contributed by atoms with E-state index < -0.39 is 7.12 Å². The zero-order valence-corrected chi connectivity index (χ0v) is 6.80. The van der Waals surface area contributed by atoms with Crippen LogP contribution < -0.4 is 14.9 Å². The summed E-state index contributed by atoms with van der Waals surface area (Å²) in [5.41, 5.74) is 0.296. The molecule has 0 bridgehead atoms. The molecular weight excluding hydrogens is 173 g/mol. The number of pyridine rings is 1. The molecule has 0 saturated carbocycles. The Morgan fingerprint density at radius 1 is 1.31 bits per heavy atom. The molecule has 68 valence electrons. The Morgan fingerprint density at radius 2 is 2.08 bits per heavy atom. The van der Waals surface area contributed by atoms with E-state index in [-0.39, 0.29) is 0 Å². The lowest BCUT2D eigenvalue weighted by Crippen LogP contribution is -2.31. The number of hydrogen-bond donors (Lipinski definition) is 2. The van der Waals surface area contributed by atoms with Gasteiger partial charge < -0.3 is 19.5 Å². The van der Waals surface area contributed by atoms with Gasteiger partial charge in [0.1, 0.15) is 13.2 Å². The third-order valence-corrected chi connectivity index (χ3v) is 1.72. The highest BCUT2D eigenvalue weighted by molar-refractivity contribution is 6.58. The number of fused-ring (bicyclic) bond motifs is 1. The summed E-state index contributed by atoms with van der Waals surface area (Å²) >= 11 is 0. The van der Waals surface area contributed by atoms with Crippen LogP contribution in [0.1, 0.15) is 0 Å². The molecule has 0 radical (unpaired) electrons. The van der Waals surface area contributed by atoms with E-state index in [9.17, 15) is 0 Å². The lowest BCUT2D eigenvalue weighted by molar-refractivity contribution is 0.164. The Morgan fingerprint density at radius 3 is 2.85 bits per heavy atom. The van der Waals surface area contributed by atoms with Crippen molar-refractivity contribution in [3.05, 3.63) is 12.3 Å². The fraction of sp³-hybridized carbons (Fsp3) is 0.286. The minimum atomic E-state index is -1.52. The Labute approximate surface area is 75.1 Å². The molecule has 1 aromatic rings. The maximum Gasteiger partial charge on any atom is 0.490 e. The maximum atomic E-state index is 8.84. The van der Waals surface area contributed by atoms with Crippen LogP contribution in [0.15, 0.2) is 12.3 Å². The zero-order valence-electron chi connectivity index (χ0n) is 6.80. The van der Waals surface area contributed by atoms with Gasteiger partial charge in [-0.3, -0.25) is 0 Å². The highest BCUT2D eigenvalue weighted by Crippen LogP contribution is 2.25. The van der Waals surface area contributed by atoms with Crippen LogP contribution in [0.5, 0.6) is 11.6 Å². The highest BCUT2D eigenvalue weighted by Gasteiger charge is 2.18. The molecule has 0 unspecified atom stereocenters. The number of hydrogen-bond acceptors (Lipinski definition) is 5. The van der Waals surface area contributed by atoms with Crippen molar-refractivity contribution in [2.24, 2.45) is 0 Å². The van der Waals surface area contributed by atoms with Crippen LogP contribution in [0.3, 0.4) is 0 Å². The summed E-state index contributed by atoms with van der Waals surface area (Å²) in [7, 11) is -1.52. The first-order chi connectivity index (χ1) is 6.27. The molecule has 2 N–H and O–H groups in total. The van der Waals surface area contributed by atoms with Gasteiger partial charge >= 0.3 is 7.12 Å². The van der Waals surface area contributed by atoms with Gasteiger partial charge in [0.05, 0.1) is 0 Å². The second-order valence-corrected chi connectivity index (χ2v) is 2.64. The van der Waals surface area contributed by atoms with E-state index in [1.165, 1.54) is 12.3 Å². The summed E-state index contributed by atoms with van der Waals surface area (Å²) in [6, 6.07) is 1.51. The SMILES string of the molecule is OB(O)c1cnc2c(c1)OCCO2. The van der Waals surface area contributed by atoms with E-state index in [1.54, 1.807) is 0 Å². The molecule has 2 rings (SSSR count). The first-order valence-electron chi connectivity index (χ1n) is 3.89. The van der Waals surface area contributed by atoms with Gasteiger partial charge in [0.2, 0.25) is 0 Å². The molecule has 0 saturated heterocycles. The lowest BCUT2D eigenvalue weighted by Gasteiger charge is -2.17. The average molecular weight is 181 g/mol. The lowest BCUT2D eigenvalue weighted by atomic mass is 9.81. The van der Waals surface area contributed by atoms with Gasteiger partial charge in [-0.25, -0.2) is 4.98 Å². The third-order valence-electron chi connectivity index (χ3n) is 1.72. The molecule has 2 heterocycles. The summed E-state index contributed by atoms with van der Waals surface area (Å²) in [6.45, 7) is 0.931. The fourth-order valence-electron chi connectivity index (χ4n) is 1.09. The molecule has 0 amide bonds. The largest absolute Gasteiger partial charge is 0.490 e. The first kappa shape index (κ1) is 8.34. The molecule has 0 atom stereocenters. The van der Waals surface area contributed by atoms with Crippen LogP contribution in [0.4, 0.5) is 0 Å². The maximum absolute atomic E-state index is 8.84. The monoisotopic (exact) mass is 181 g/mol. The van der Waals surface area contributed by atoms with E-state index in [4.69, 9.17) is 19.5 Å². The van der Waals surface area contributed by atoms with Crippen LogP contribution >= 0.6 is 0 Å². The first-order valence-corrected chi connectivity index (χ1v) is 3.89. The second-order valence-electron chi connectivity index (χ2n) is 2.64. The van der Waals surface area contributed by atoms with E-state index in [2.05, 4.69) is 4.98 Å².